The summed E-state index contributed by atoms with van der Waals surface area (Å²) in [7, 11) is 1.77. The molecule has 0 spiro atoms. The monoisotopic (exact) mass is 321 g/mol. The molecule has 1 N–H and O–H groups in total. The second-order valence-electron chi connectivity index (χ2n) is 5.63. The Balaban J connectivity index is 1.60. The van der Waals surface area contributed by atoms with Crippen molar-refractivity contribution in [3.8, 4) is 0 Å². The highest BCUT2D eigenvalue weighted by atomic mass is 32.1. The van der Waals surface area contributed by atoms with Gasteiger partial charge in [-0.1, -0.05) is 29.5 Å². The third kappa shape index (κ3) is 3.81. The van der Waals surface area contributed by atoms with Gasteiger partial charge in [0, 0.05) is 19.6 Å². The van der Waals surface area contributed by atoms with E-state index in [1.165, 1.54) is 17.4 Å². The standard InChI is InChI=1S/C16H20FN3OS/c1-21-13-7-4-6-12(10-13)18-16-20-19-15(22-16)9-11-5-2-3-8-14(11)17/h2-3,5,8,12-13H,4,6-7,9-10H2,1H3,(H,18,20). The van der Waals surface area contributed by atoms with Crippen molar-refractivity contribution in [1.82, 2.24) is 10.2 Å². The van der Waals surface area contributed by atoms with Crippen LogP contribution in [0.1, 0.15) is 36.3 Å². The number of benzene rings is 1. The summed E-state index contributed by atoms with van der Waals surface area (Å²) in [6, 6.07) is 7.18. The fourth-order valence-corrected chi connectivity index (χ4v) is 3.69. The summed E-state index contributed by atoms with van der Waals surface area (Å²) < 4.78 is 19.1. The van der Waals surface area contributed by atoms with E-state index in [-0.39, 0.29) is 5.82 Å². The number of nitrogens with zero attached hydrogens (tertiary/aromatic N) is 2. The van der Waals surface area contributed by atoms with E-state index in [0.29, 0.717) is 24.1 Å². The molecule has 1 heterocycles. The molecular formula is C16H20FN3OS. The van der Waals surface area contributed by atoms with E-state index in [2.05, 4.69) is 15.5 Å². The van der Waals surface area contributed by atoms with Gasteiger partial charge in [0.05, 0.1) is 6.10 Å². The van der Waals surface area contributed by atoms with Gasteiger partial charge in [0.1, 0.15) is 10.8 Å². The molecule has 3 rings (SSSR count). The molecule has 118 valence electrons. The first kappa shape index (κ1) is 15.4. The van der Waals surface area contributed by atoms with Gasteiger partial charge in [-0.15, -0.1) is 10.2 Å². The molecule has 1 aromatic carbocycles. The average molecular weight is 321 g/mol. The lowest BCUT2D eigenvalue weighted by molar-refractivity contribution is 0.0669. The van der Waals surface area contributed by atoms with Crippen LogP contribution in [0.3, 0.4) is 0 Å². The Morgan fingerprint density at radius 3 is 3.00 bits per heavy atom. The number of nitrogens with one attached hydrogen (secondary N) is 1. The molecule has 22 heavy (non-hydrogen) atoms. The molecule has 1 aliphatic carbocycles. The van der Waals surface area contributed by atoms with Crippen LogP contribution in [-0.2, 0) is 11.2 Å². The Morgan fingerprint density at radius 2 is 2.18 bits per heavy atom. The fraction of sp³-hybridized carbons (Fsp3) is 0.500. The Morgan fingerprint density at radius 1 is 1.32 bits per heavy atom. The van der Waals surface area contributed by atoms with Crippen LogP contribution >= 0.6 is 11.3 Å². The number of ether oxygens (including phenoxy) is 1. The molecule has 1 fully saturated rings. The Hall–Kier alpha value is -1.53. The van der Waals surface area contributed by atoms with E-state index < -0.39 is 0 Å². The van der Waals surface area contributed by atoms with E-state index in [1.54, 1.807) is 19.2 Å². The van der Waals surface area contributed by atoms with Crippen LogP contribution in [0, 0.1) is 5.82 Å². The zero-order valence-electron chi connectivity index (χ0n) is 12.6. The van der Waals surface area contributed by atoms with Gasteiger partial charge < -0.3 is 10.1 Å². The van der Waals surface area contributed by atoms with Gasteiger partial charge in [0.25, 0.3) is 0 Å². The van der Waals surface area contributed by atoms with E-state index in [9.17, 15) is 4.39 Å². The van der Waals surface area contributed by atoms with E-state index in [4.69, 9.17) is 4.74 Å². The molecule has 0 saturated heterocycles. The van der Waals surface area contributed by atoms with Crippen molar-refractivity contribution in [1.29, 1.82) is 0 Å². The smallest absolute Gasteiger partial charge is 0.205 e. The number of hydrogen-bond acceptors (Lipinski definition) is 5. The lowest BCUT2D eigenvalue weighted by Gasteiger charge is -2.28. The molecule has 1 saturated carbocycles. The Labute approximate surface area is 133 Å². The lowest BCUT2D eigenvalue weighted by atomic mass is 9.93. The highest BCUT2D eigenvalue weighted by Gasteiger charge is 2.22. The first-order valence-electron chi connectivity index (χ1n) is 7.59. The van der Waals surface area contributed by atoms with Crippen molar-refractivity contribution in [2.45, 2.75) is 44.2 Å². The van der Waals surface area contributed by atoms with Crippen LogP contribution in [0.15, 0.2) is 24.3 Å². The quantitative estimate of drug-likeness (QED) is 0.913. The number of hydrogen-bond donors (Lipinski definition) is 1. The highest BCUT2D eigenvalue weighted by molar-refractivity contribution is 7.15. The molecule has 0 radical (unpaired) electrons. The fourth-order valence-electron chi connectivity index (χ4n) is 2.85. The molecule has 1 aromatic heterocycles. The van der Waals surface area contributed by atoms with Crippen molar-refractivity contribution in [2.75, 3.05) is 12.4 Å². The third-order valence-electron chi connectivity index (χ3n) is 4.05. The molecule has 6 heteroatoms. The van der Waals surface area contributed by atoms with Gasteiger partial charge in [-0.2, -0.15) is 0 Å². The zero-order valence-corrected chi connectivity index (χ0v) is 13.4. The van der Waals surface area contributed by atoms with E-state index >= 15 is 0 Å². The maximum Gasteiger partial charge on any atom is 0.205 e. The minimum Gasteiger partial charge on any atom is -0.381 e. The second-order valence-corrected chi connectivity index (χ2v) is 6.70. The minimum absolute atomic E-state index is 0.192. The molecule has 2 atom stereocenters. The predicted molar refractivity (Wildman–Crippen MR) is 85.8 cm³/mol. The van der Waals surface area contributed by atoms with Crippen LogP contribution in [0.4, 0.5) is 9.52 Å². The molecular weight excluding hydrogens is 301 g/mol. The number of anilines is 1. The summed E-state index contributed by atoms with van der Waals surface area (Å²) in [5.41, 5.74) is 0.655. The van der Waals surface area contributed by atoms with Gasteiger partial charge >= 0.3 is 0 Å². The van der Waals surface area contributed by atoms with E-state index in [0.717, 1.165) is 35.8 Å². The maximum atomic E-state index is 13.7. The van der Waals surface area contributed by atoms with Crippen LogP contribution < -0.4 is 5.32 Å². The van der Waals surface area contributed by atoms with Gasteiger partial charge in [-0.3, -0.25) is 0 Å². The third-order valence-corrected chi connectivity index (χ3v) is 4.91. The largest absolute Gasteiger partial charge is 0.381 e. The summed E-state index contributed by atoms with van der Waals surface area (Å²) in [6.45, 7) is 0. The summed E-state index contributed by atoms with van der Waals surface area (Å²) in [5, 5.41) is 13.4. The zero-order chi connectivity index (χ0) is 15.4. The summed E-state index contributed by atoms with van der Waals surface area (Å²) in [5.74, 6) is -0.192. The normalized spacial score (nSPS) is 21.7. The molecule has 1 aliphatic rings. The molecule has 0 aliphatic heterocycles. The second kappa shape index (κ2) is 7.15. The maximum absolute atomic E-state index is 13.7. The van der Waals surface area contributed by atoms with Crippen LogP contribution in [0.25, 0.3) is 0 Å². The molecule has 2 aromatic rings. The summed E-state index contributed by atoms with van der Waals surface area (Å²) >= 11 is 1.50. The number of rotatable bonds is 5. The topological polar surface area (TPSA) is 47.0 Å². The highest BCUT2D eigenvalue weighted by Crippen LogP contribution is 2.26. The Bertz CT molecular complexity index is 619. The number of aromatic nitrogens is 2. The summed E-state index contributed by atoms with van der Waals surface area (Å²) in [6.07, 6.45) is 5.23. The first-order valence-corrected chi connectivity index (χ1v) is 8.41. The molecule has 0 bridgehead atoms. The average Bonchev–Trinajstić information content (AvgIpc) is 2.97. The Kier molecular flexibility index (Phi) is 5.00. The lowest BCUT2D eigenvalue weighted by Crippen LogP contribution is -2.30. The first-order chi connectivity index (χ1) is 10.7. The van der Waals surface area contributed by atoms with Crippen molar-refractivity contribution in [2.24, 2.45) is 0 Å². The molecule has 4 nitrogen and oxygen atoms in total. The SMILES string of the molecule is COC1CCCC(Nc2nnc(Cc3ccccc3F)s2)C1. The van der Waals surface area contributed by atoms with Crippen molar-refractivity contribution < 1.29 is 9.13 Å². The van der Waals surface area contributed by atoms with Crippen molar-refractivity contribution >= 4 is 16.5 Å². The van der Waals surface area contributed by atoms with Crippen LogP contribution in [0.2, 0.25) is 0 Å². The van der Waals surface area contributed by atoms with Gasteiger partial charge in [-0.25, -0.2) is 4.39 Å². The van der Waals surface area contributed by atoms with Crippen LogP contribution in [-0.4, -0.2) is 29.5 Å². The molecule has 2 unspecified atom stereocenters. The predicted octanol–water partition coefficient (Wildman–Crippen LogP) is 3.64. The number of methoxy groups -OCH3 is 1. The van der Waals surface area contributed by atoms with Crippen LogP contribution in [0.5, 0.6) is 0 Å². The number of halogens is 1. The van der Waals surface area contributed by atoms with Gasteiger partial charge in [0.15, 0.2) is 0 Å². The molecule has 0 amide bonds. The van der Waals surface area contributed by atoms with Gasteiger partial charge in [0.2, 0.25) is 5.13 Å². The van der Waals surface area contributed by atoms with E-state index in [1.807, 2.05) is 6.07 Å². The van der Waals surface area contributed by atoms with Crippen molar-refractivity contribution in [3.05, 3.63) is 40.7 Å². The summed E-state index contributed by atoms with van der Waals surface area (Å²) in [4.78, 5) is 0. The van der Waals surface area contributed by atoms with Crippen molar-refractivity contribution in [3.63, 3.8) is 0 Å². The van der Waals surface area contributed by atoms with Gasteiger partial charge in [-0.05, 0) is 37.3 Å². The minimum atomic E-state index is -0.192.